The SMILES string of the molecule is CCc1ccc(-c2cc(C(=O)N3CCCc4ccccc43)c3cc(C)ccc3n2)cc1. The Hall–Kier alpha value is -3.46. The molecule has 0 aliphatic carbocycles. The van der Waals surface area contributed by atoms with Crippen LogP contribution in [0.3, 0.4) is 0 Å². The van der Waals surface area contributed by atoms with Gasteiger partial charge in [0, 0.05) is 23.2 Å². The molecule has 1 aliphatic heterocycles. The van der Waals surface area contributed by atoms with E-state index < -0.39 is 0 Å². The van der Waals surface area contributed by atoms with Crippen molar-refractivity contribution in [3.8, 4) is 11.3 Å². The molecule has 0 atom stereocenters. The Labute approximate surface area is 183 Å². The number of rotatable bonds is 3. The molecule has 0 spiro atoms. The number of para-hydroxylation sites is 1. The summed E-state index contributed by atoms with van der Waals surface area (Å²) in [6, 6.07) is 24.9. The zero-order valence-electron chi connectivity index (χ0n) is 18.1. The lowest BCUT2D eigenvalue weighted by atomic mass is 9.98. The maximum Gasteiger partial charge on any atom is 0.259 e. The van der Waals surface area contributed by atoms with Crippen molar-refractivity contribution in [2.24, 2.45) is 0 Å². The Morgan fingerprint density at radius 1 is 1.00 bits per heavy atom. The minimum atomic E-state index is 0.0524. The van der Waals surface area contributed by atoms with Crippen LogP contribution in [-0.4, -0.2) is 17.4 Å². The summed E-state index contributed by atoms with van der Waals surface area (Å²) in [5, 5.41) is 0.919. The standard InChI is InChI=1S/C28H26N2O/c1-3-20-11-13-21(14-12-20)26-18-24(23-17-19(2)10-15-25(23)29-26)28(31)30-16-6-8-22-7-4-5-9-27(22)30/h4-5,7,9-15,17-18H,3,6,8,16H2,1-2H3. The predicted molar refractivity (Wildman–Crippen MR) is 128 cm³/mol. The number of benzene rings is 3. The van der Waals surface area contributed by atoms with Gasteiger partial charge >= 0.3 is 0 Å². The van der Waals surface area contributed by atoms with Crippen molar-refractivity contribution in [1.29, 1.82) is 0 Å². The maximum absolute atomic E-state index is 13.9. The predicted octanol–water partition coefficient (Wildman–Crippen LogP) is 6.37. The zero-order chi connectivity index (χ0) is 21.4. The molecule has 0 saturated carbocycles. The third kappa shape index (κ3) is 3.61. The van der Waals surface area contributed by atoms with Crippen LogP contribution in [0.2, 0.25) is 0 Å². The molecule has 4 aromatic rings. The third-order valence-corrected chi connectivity index (χ3v) is 6.21. The smallest absolute Gasteiger partial charge is 0.259 e. The second kappa shape index (κ2) is 7.99. The minimum Gasteiger partial charge on any atom is -0.308 e. The Bertz CT molecular complexity index is 1270. The molecule has 0 radical (unpaired) electrons. The van der Waals surface area contributed by atoms with E-state index in [1.54, 1.807) is 0 Å². The van der Waals surface area contributed by atoms with E-state index in [4.69, 9.17) is 4.98 Å². The molecule has 154 valence electrons. The molecule has 0 unspecified atom stereocenters. The number of hydrogen-bond acceptors (Lipinski definition) is 2. The molecule has 0 N–H and O–H groups in total. The molecule has 2 heterocycles. The van der Waals surface area contributed by atoms with E-state index in [9.17, 15) is 4.79 Å². The average Bonchev–Trinajstić information content (AvgIpc) is 2.82. The molecule has 3 nitrogen and oxygen atoms in total. The normalized spacial score (nSPS) is 13.3. The number of carbonyl (C=O) groups is 1. The van der Waals surface area contributed by atoms with Crippen molar-refractivity contribution in [2.75, 3.05) is 11.4 Å². The van der Waals surface area contributed by atoms with Gasteiger partial charge in [0.2, 0.25) is 0 Å². The summed E-state index contributed by atoms with van der Waals surface area (Å²) >= 11 is 0. The molecule has 0 bridgehead atoms. The van der Waals surface area contributed by atoms with E-state index in [-0.39, 0.29) is 5.91 Å². The molecule has 3 heteroatoms. The number of hydrogen-bond donors (Lipinski definition) is 0. The van der Waals surface area contributed by atoms with Gasteiger partial charge in [-0.25, -0.2) is 4.98 Å². The van der Waals surface area contributed by atoms with Gasteiger partial charge in [0.15, 0.2) is 0 Å². The highest BCUT2D eigenvalue weighted by atomic mass is 16.2. The fraction of sp³-hybridized carbons (Fsp3) is 0.214. The Kier molecular flexibility index (Phi) is 5.03. The van der Waals surface area contributed by atoms with Gasteiger partial charge in [0.25, 0.3) is 5.91 Å². The number of carbonyl (C=O) groups excluding carboxylic acids is 1. The quantitative estimate of drug-likeness (QED) is 0.396. The van der Waals surface area contributed by atoms with Gasteiger partial charge in [-0.15, -0.1) is 0 Å². The van der Waals surface area contributed by atoms with Crippen LogP contribution in [0.1, 0.15) is 40.4 Å². The number of aryl methyl sites for hydroxylation is 3. The average molecular weight is 407 g/mol. The molecule has 31 heavy (non-hydrogen) atoms. The topological polar surface area (TPSA) is 33.2 Å². The van der Waals surface area contributed by atoms with E-state index >= 15 is 0 Å². The first kappa shape index (κ1) is 19.5. The number of amides is 1. The van der Waals surface area contributed by atoms with Crippen molar-refractivity contribution < 1.29 is 4.79 Å². The van der Waals surface area contributed by atoms with Crippen LogP contribution in [-0.2, 0) is 12.8 Å². The summed E-state index contributed by atoms with van der Waals surface area (Å²) in [4.78, 5) is 20.7. The number of anilines is 1. The van der Waals surface area contributed by atoms with Gasteiger partial charge in [-0.3, -0.25) is 4.79 Å². The molecular weight excluding hydrogens is 380 g/mol. The van der Waals surface area contributed by atoms with Gasteiger partial charge in [0.05, 0.1) is 16.8 Å². The van der Waals surface area contributed by atoms with Crippen molar-refractivity contribution in [1.82, 2.24) is 4.98 Å². The Balaban J connectivity index is 1.66. The van der Waals surface area contributed by atoms with Crippen molar-refractivity contribution >= 4 is 22.5 Å². The molecular formula is C28H26N2O. The lowest BCUT2D eigenvalue weighted by molar-refractivity contribution is 0.0986. The summed E-state index contributed by atoms with van der Waals surface area (Å²) in [6.07, 6.45) is 3.00. The molecule has 0 fully saturated rings. The van der Waals surface area contributed by atoms with Crippen LogP contribution in [0.15, 0.2) is 72.8 Å². The van der Waals surface area contributed by atoms with Gasteiger partial charge in [-0.2, -0.15) is 0 Å². The van der Waals surface area contributed by atoms with Crippen molar-refractivity contribution in [3.63, 3.8) is 0 Å². The van der Waals surface area contributed by atoms with Gasteiger partial charge in [-0.1, -0.05) is 61.0 Å². The molecule has 1 aliphatic rings. The molecule has 1 amide bonds. The lowest BCUT2D eigenvalue weighted by Gasteiger charge is -2.30. The molecule has 3 aromatic carbocycles. The van der Waals surface area contributed by atoms with Crippen LogP contribution >= 0.6 is 0 Å². The first-order chi connectivity index (χ1) is 15.1. The highest BCUT2D eigenvalue weighted by Gasteiger charge is 2.25. The minimum absolute atomic E-state index is 0.0524. The summed E-state index contributed by atoms with van der Waals surface area (Å²) in [6.45, 7) is 4.95. The number of nitrogens with zero attached hydrogens (tertiary/aromatic N) is 2. The second-order valence-electron chi connectivity index (χ2n) is 8.32. The van der Waals surface area contributed by atoms with Crippen LogP contribution in [0.4, 0.5) is 5.69 Å². The third-order valence-electron chi connectivity index (χ3n) is 6.21. The van der Waals surface area contributed by atoms with Crippen molar-refractivity contribution in [2.45, 2.75) is 33.1 Å². The monoisotopic (exact) mass is 406 g/mol. The highest BCUT2D eigenvalue weighted by molar-refractivity contribution is 6.14. The molecule has 0 saturated heterocycles. The van der Waals surface area contributed by atoms with Gasteiger partial charge in [-0.05, 0) is 61.6 Å². The summed E-state index contributed by atoms with van der Waals surface area (Å²) in [5.41, 5.74) is 8.15. The fourth-order valence-corrected chi connectivity index (χ4v) is 4.47. The van der Waals surface area contributed by atoms with Crippen LogP contribution < -0.4 is 4.90 Å². The van der Waals surface area contributed by atoms with Crippen LogP contribution in [0, 0.1) is 6.92 Å². The number of aromatic nitrogens is 1. The van der Waals surface area contributed by atoms with E-state index in [1.165, 1.54) is 11.1 Å². The van der Waals surface area contributed by atoms with Crippen LogP contribution in [0.5, 0.6) is 0 Å². The Morgan fingerprint density at radius 2 is 1.81 bits per heavy atom. The molecule has 1 aromatic heterocycles. The van der Waals surface area contributed by atoms with E-state index in [0.717, 1.165) is 64.8 Å². The second-order valence-corrected chi connectivity index (χ2v) is 8.32. The van der Waals surface area contributed by atoms with E-state index in [1.807, 2.05) is 23.1 Å². The maximum atomic E-state index is 13.9. The van der Waals surface area contributed by atoms with Gasteiger partial charge in [0.1, 0.15) is 0 Å². The summed E-state index contributed by atoms with van der Waals surface area (Å²) in [7, 11) is 0. The van der Waals surface area contributed by atoms with E-state index in [0.29, 0.717) is 0 Å². The summed E-state index contributed by atoms with van der Waals surface area (Å²) < 4.78 is 0. The number of fused-ring (bicyclic) bond motifs is 2. The number of pyridine rings is 1. The first-order valence-electron chi connectivity index (χ1n) is 11.0. The largest absolute Gasteiger partial charge is 0.308 e. The lowest BCUT2D eigenvalue weighted by Crippen LogP contribution is -2.35. The first-order valence-corrected chi connectivity index (χ1v) is 11.0. The van der Waals surface area contributed by atoms with Gasteiger partial charge < -0.3 is 4.90 Å². The summed E-state index contributed by atoms with van der Waals surface area (Å²) in [5.74, 6) is 0.0524. The molecule has 5 rings (SSSR count). The zero-order valence-corrected chi connectivity index (χ0v) is 18.1. The fourth-order valence-electron chi connectivity index (χ4n) is 4.47. The van der Waals surface area contributed by atoms with E-state index in [2.05, 4.69) is 68.4 Å². The van der Waals surface area contributed by atoms with Crippen molar-refractivity contribution in [3.05, 3.63) is 95.1 Å². The Morgan fingerprint density at radius 3 is 2.61 bits per heavy atom. The highest BCUT2D eigenvalue weighted by Crippen LogP contribution is 2.32. The van der Waals surface area contributed by atoms with Crippen LogP contribution in [0.25, 0.3) is 22.2 Å².